The Hall–Kier alpha value is -3.68. The molecule has 0 spiro atoms. The third-order valence-corrected chi connectivity index (χ3v) is 11.1. The largest absolute Gasteiger partial charge is 0.497 e. The van der Waals surface area contributed by atoms with Gasteiger partial charge in [0.2, 0.25) is 5.91 Å². The SMILES string of the molecule is COc1cccc(C23CCN(CCCc4ccccc4)C(C(N)=O)C2(C)CCC(OC(=O)c2cc4ccccc4s2)C3)c1. The van der Waals surface area contributed by atoms with Crippen molar-refractivity contribution >= 4 is 33.3 Å². The number of rotatable bonds is 9. The number of likely N-dealkylation sites (tertiary alicyclic amines) is 1. The average molecular weight is 597 g/mol. The van der Waals surface area contributed by atoms with Crippen molar-refractivity contribution < 1.29 is 19.1 Å². The van der Waals surface area contributed by atoms with Crippen molar-refractivity contribution in [2.24, 2.45) is 11.1 Å². The minimum absolute atomic E-state index is 0.268. The number of ether oxygens (including phenoxy) is 2. The van der Waals surface area contributed by atoms with Gasteiger partial charge in [0.15, 0.2) is 0 Å². The summed E-state index contributed by atoms with van der Waals surface area (Å²) in [6.45, 7) is 3.78. The number of thiophene rings is 1. The number of primary amides is 1. The fourth-order valence-electron chi connectivity index (χ4n) is 7.85. The molecule has 6 rings (SSSR count). The molecule has 2 aliphatic rings. The molecule has 43 heavy (non-hydrogen) atoms. The number of benzene rings is 3. The van der Waals surface area contributed by atoms with Crippen LogP contribution >= 0.6 is 11.3 Å². The van der Waals surface area contributed by atoms with Gasteiger partial charge in [0.05, 0.1) is 13.2 Å². The predicted molar refractivity (Wildman–Crippen MR) is 172 cm³/mol. The van der Waals surface area contributed by atoms with E-state index in [2.05, 4.69) is 48.2 Å². The third-order valence-electron chi connectivity index (χ3n) is 10.00. The van der Waals surface area contributed by atoms with Gasteiger partial charge in [-0.15, -0.1) is 11.3 Å². The van der Waals surface area contributed by atoms with Crippen molar-refractivity contribution in [2.75, 3.05) is 20.2 Å². The first-order chi connectivity index (χ1) is 20.8. The van der Waals surface area contributed by atoms with Crippen molar-refractivity contribution in [3.8, 4) is 5.75 Å². The first kappa shape index (κ1) is 29.4. The summed E-state index contributed by atoms with van der Waals surface area (Å²) in [6.07, 6.45) is 4.51. The van der Waals surface area contributed by atoms with E-state index in [-0.39, 0.29) is 18.0 Å². The van der Waals surface area contributed by atoms with Crippen molar-refractivity contribution in [3.63, 3.8) is 0 Å². The second kappa shape index (κ2) is 12.1. The number of esters is 1. The summed E-state index contributed by atoms with van der Waals surface area (Å²) >= 11 is 1.47. The van der Waals surface area contributed by atoms with E-state index >= 15 is 0 Å². The van der Waals surface area contributed by atoms with E-state index in [1.165, 1.54) is 16.9 Å². The lowest BCUT2D eigenvalue weighted by molar-refractivity contribution is -0.146. The van der Waals surface area contributed by atoms with Crippen molar-refractivity contribution in [1.29, 1.82) is 0 Å². The van der Waals surface area contributed by atoms with E-state index in [0.717, 1.165) is 60.2 Å². The zero-order valence-corrected chi connectivity index (χ0v) is 25.8. The number of nitrogens with two attached hydrogens (primary N) is 1. The zero-order chi connectivity index (χ0) is 30.0. The summed E-state index contributed by atoms with van der Waals surface area (Å²) < 4.78 is 13.0. The minimum atomic E-state index is -0.448. The molecule has 1 amide bonds. The van der Waals surface area contributed by atoms with Crippen LogP contribution in [0.4, 0.5) is 0 Å². The Morgan fingerprint density at radius 3 is 2.56 bits per heavy atom. The van der Waals surface area contributed by atoms with E-state index in [0.29, 0.717) is 17.7 Å². The molecule has 4 atom stereocenters. The second-order valence-corrected chi connectivity index (χ2v) is 13.4. The van der Waals surface area contributed by atoms with Gasteiger partial charge in [-0.3, -0.25) is 9.69 Å². The summed E-state index contributed by atoms with van der Waals surface area (Å²) in [5, 5.41) is 1.05. The lowest BCUT2D eigenvalue weighted by Crippen LogP contribution is -2.68. The normalized spacial score (nSPS) is 25.6. The molecule has 1 aliphatic heterocycles. The quantitative estimate of drug-likeness (QED) is 0.216. The highest BCUT2D eigenvalue weighted by Gasteiger charge is 2.62. The zero-order valence-electron chi connectivity index (χ0n) is 25.0. The van der Waals surface area contributed by atoms with Crippen LogP contribution in [0, 0.1) is 5.41 Å². The summed E-state index contributed by atoms with van der Waals surface area (Å²) in [5.41, 5.74) is 7.82. The number of hydrogen-bond donors (Lipinski definition) is 1. The van der Waals surface area contributed by atoms with Crippen LogP contribution in [0.1, 0.15) is 59.8 Å². The van der Waals surface area contributed by atoms with Gasteiger partial charge >= 0.3 is 5.97 Å². The Labute approximate surface area is 257 Å². The average Bonchev–Trinajstić information content (AvgIpc) is 3.46. The van der Waals surface area contributed by atoms with Crippen LogP contribution in [0.5, 0.6) is 5.75 Å². The maximum Gasteiger partial charge on any atom is 0.348 e. The van der Waals surface area contributed by atoms with E-state index in [1.54, 1.807) is 7.11 Å². The number of nitrogens with zero attached hydrogens (tertiary/aromatic N) is 1. The van der Waals surface area contributed by atoms with Crippen LogP contribution in [0.15, 0.2) is 84.9 Å². The number of amides is 1. The van der Waals surface area contributed by atoms with Crippen LogP contribution < -0.4 is 10.5 Å². The highest BCUT2D eigenvalue weighted by molar-refractivity contribution is 7.20. The van der Waals surface area contributed by atoms with E-state index in [1.807, 2.05) is 48.5 Å². The number of piperidine rings is 1. The Balaban J connectivity index is 1.29. The molecule has 2 fully saturated rings. The predicted octanol–water partition coefficient (Wildman–Crippen LogP) is 6.76. The molecule has 0 radical (unpaired) electrons. The first-order valence-electron chi connectivity index (χ1n) is 15.2. The van der Waals surface area contributed by atoms with Crippen molar-refractivity contribution in [3.05, 3.63) is 101 Å². The molecule has 4 unspecified atom stereocenters. The number of methoxy groups -OCH3 is 1. The van der Waals surface area contributed by atoms with Gasteiger partial charge in [0, 0.05) is 15.5 Å². The molecular weight excluding hydrogens is 556 g/mol. The highest BCUT2D eigenvalue weighted by atomic mass is 32.1. The van der Waals surface area contributed by atoms with Gasteiger partial charge < -0.3 is 15.2 Å². The minimum Gasteiger partial charge on any atom is -0.497 e. The molecule has 1 aromatic heterocycles. The Morgan fingerprint density at radius 2 is 1.79 bits per heavy atom. The number of carbonyl (C=O) groups excluding carboxylic acids is 2. The highest BCUT2D eigenvalue weighted by Crippen LogP contribution is 2.60. The van der Waals surface area contributed by atoms with Gasteiger partial charge in [0.25, 0.3) is 0 Å². The maximum atomic E-state index is 13.4. The molecule has 2 N–H and O–H groups in total. The van der Waals surface area contributed by atoms with Gasteiger partial charge in [-0.25, -0.2) is 4.79 Å². The summed E-state index contributed by atoms with van der Waals surface area (Å²) in [4.78, 5) is 29.7. The summed E-state index contributed by atoms with van der Waals surface area (Å²) in [6, 6.07) is 28.2. The van der Waals surface area contributed by atoms with Gasteiger partial charge in [-0.2, -0.15) is 0 Å². The van der Waals surface area contributed by atoms with Crippen LogP contribution in [0.25, 0.3) is 10.1 Å². The molecular formula is C36H40N2O4S. The van der Waals surface area contributed by atoms with Crippen molar-refractivity contribution in [1.82, 2.24) is 4.90 Å². The first-order valence-corrected chi connectivity index (χ1v) is 16.1. The van der Waals surface area contributed by atoms with Crippen molar-refractivity contribution in [2.45, 2.75) is 63.0 Å². The Morgan fingerprint density at radius 1 is 1.00 bits per heavy atom. The van der Waals surface area contributed by atoms with Crippen LogP contribution in [-0.2, 0) is 21.4 Å². The topological polar surface area (TPSA) is 81.9 Å². The molecule has 224 valence electrons. The lowest BCUT2D eigenvalue weighted by atomic mass is 9.47. The van der Waals surface area contributed by atoms with E-state index in [9.17, 15) is 9.59 Å². The molecule has 1 saturated heterocycles. The summed E-state index contributed by atoms with van der Waals surface area (Å²) in [7, 11) is 1.67. The summed E-state index contributed by atoms with van der Waals surface area (Å²) in [5.74, 6) is 0.217. The van der Waals surface area contributed by atoms with Gasteiger partial charge in [-0.05, 0) is 92.4 Å². The molecule has 0 bridgehead atoms. The molecule has 1 aliphatic carbocycles. The standard InChI is InChI=1S/C36H40N2O4S/c1-35-18-17-29(42-34(40)31-22-26-13-6-7-16-30(26)43-31)24-36(35,27-14-8-15-28(23-27)41-2)19-21-38(32(35)33(37)39)20-9-12-25-10-4-3-5-11-25/h3-8,10-11,13-16,22-23,29,32H,9,12,17-21,24H2,1-2H3,(H2,37,39). The van der Waals surface area contributed by atoms with E-state index in [4.69, 9.17) is 15.2 Å². The van der Waals surface area contributed by atoms with E-state index < -0.39 is 16.9 Å². The van der Waals surface area contributed by atoms with Crippen LogP contribution in [0.3, 0.4) is 0 Å². The lowest BCUT2D eigenvalue weighted by Gasteiger charge is -2.62. The number of carbonyl (C=O) groups is 2. The fourth-order valence-corrected chi connectivity index (χ4v) is 8.79. The Bertz CT molecular complexity index is 1570. The Kier molecular flexibility index (Phi) is 8.29. The number of aryl methyl sites for hydroxylation is 1. The molecule has 6 nitrogen and oxygen atoms in total. The smallest absolute Gasteiger partial charge is 0.348 e. The number of hydrogen-bond acceptors (Lipinski definition) is 6. The maximum absolute atomic E-state index is 13.4. The van der Waals surface area contributed by atoms with Crippen LogP contribution in [-0.4, -0.2) is 49.1 Å². The molecule has 7 heteroatoms. The monoisotopic (exact) mass is 596 g/mol. The van der Waals surface area contributed by atoms with Crippen LogP contribution in [0.2, 0.25) is 0 Å². The van der Waals surface area contributed by atoms with Gasteiger partial charge in [-0.1, -0.05) is 67.6 Å². The fraction of sp³-hybridized carbons (Fsp3) is 0.389. The second-order valence-electron chi connectivity index (χ2n) is 12.3. The molecule has 3 aromatic carbocycles. The third kappa shape index (κ3) is 5.56. The molecule has 4 aromatic rings. The number of fused-ring (bicyclic) bond motifs is 2. The molecule has 2 heterocycles. The molecule has 1 saturated carbocycles. The van der Waals surface area contributed by atoms with Gasteiger partial charge in [0.1, 0.15) is 16.7 Å².